The third-order valence-electron chi connectivity index (χ3n) is 4.35. The van der Waals surface area contributed by atoms with Gasteiger partial charge in [0.25, 0.3) is 0 Å². The molecule has 0 aromatic heterocycles. The van der Waals surface area contributed by atoms with Crippen LogP contribution in [0.1, 0.15) is 24.0 Å². The third kappa shape index (κ3) is 4.36. The molecule has 3 rings (SSSR count). The molecule has 1 aliphatic rings. The van der Waals surface area contributed by atoms with Crippen LogP contribution in [0.3, 0.4) is 0 Å². The minimum atomic E-state index is 0.121. The van der Waals surface area contributed by atoms with E-state index in [9.17, 15) is 4.79 Å². The van der Waals surface area contributed by atoms with Crippen LogP contribution in [0.2, 0.25) is 0 Å². The minimum Gasteiger partial charge on any atom is -0.457 e. The smallest absolute Gasteiger partial charge is 0.223 e. The molecule has 1 saturated heterocycles. The number of nitrogens with one attached hydrogen (secondary N) is 2. The summed E-state index contributed by atoms with van der Waals surface area (Å²) >= 11 is 0. The second kappa shape index (κ2) is 7.97. The SMILES string of the molecule is Cc1cccc(Oc2ccccc2CNC(=O)C2CCNCC2)c1. The summed E-state index contributed by atoms with van der Waals surface area (Å²) in [7, 11) is 0. The van der Waals surface area contributed by atoms with Crippen molar-refractivity contribution >= 4 is 5.91 Å². The predicted molar refractivity (Wildman–Crippen MR) is 95.1 cm³/mol. The van der Waals surface area contributed by atoms with Crippen LogP contribution in [0.4, 0.5) is 0 Å². The molecule has 1 heterocycles. The van der Waals surface area contributed by atoms with Gasteiger partial charge in [0.2, 0.25) is 5.91 Å². The maximum atomic E-state index is 12.3. The molecule has 2 aromatic carbocycles. The van der Waals surface area contributed by atoms with Gasteiger partial charge in [0.05, 0.1) is 0 Å². The van der Waals surface area contributed by atoms with E-state index in [1.165, 1.54) is 0 Å². The number of aryl methyl sites for hydroxylation is 1. The molecular weight excluding hydrogens is 300 g/mol. The quantitative estimate of drug-likeness (QED) is 0.886. The monoisotopic (exact) mass is 324 g/mol. The number of piperidine rings is 1. The van der Waals surface area contributed by atoms with Crippen LogP contribution in [0.25, 0.3) is 0 Å². The maximum Gasteiger partial charge on any atom is 0.223 e. The van der Waals surface area contributed by atoms with Crippen molar-refractivity contribution in [2.75, 3.05) is 13.1 Å². The fourth-order valence-corrected chi connectivity index (χ4v) is 2.97. The number of carbonyl (C=O) groups is 1. The van der Waals surface area contributed by atoms with Crippen molar-refractivity contribution < 1.29 is 9.53 Å². The lowest BCUT2D eigenvalue weighted by molar-refractivity contribution is -0.125. The molecule has 0 atom stereocenters. The number of benzene rings is 2. The Balaban J connectivity index is 1.64. The molecular formula is C20H24N2O2. The van der Waals surface area contributed by atoms with Crippen molar-refractivity contribution in [2.24, 2.45) is 5.92 Å². The summed E-state index contributed by atoms with van der Waals surface area (Å²) in [4.78, 5) is 12.3. The lowest BCUT2D eigenvalue weighted by Gasteiger charge is -2.22. The fourth-order valence-electron chi connectivity index (χ4n) is 2.97. The molecule has 2 N–H and O–H groups in total. The van der Waals surface area contributed by atoms with E-state index in [2.05, 4.69) is 10.6 Å². The number of hydrogen-bond acceptors (Lipinski definition) is 3. The van der Waals surface area contributed by atoms with Crippen LogP contribution in [-0.2, 0) is 11.3 Å². The number of carbonyl (C=O) groups excluding carboxylic acids is 1. The second-order valence-corrected chi connectivity index (χ2v) is 6.27. The van der Waals surface area contributed by atoms with Gasteiger partial charge in [0.15, 0.2) is 0 Å². The Bertz CT molecular complexity index is 694. The average molecular weight is 324 g/mol. The van der Waals surface area contributed by atoms with Crippen LogP contribution in [0, 0.1) is 12.8 Å². The van der Waals surface area contributed by atoms with Crippen molar-refractivity contribution in [2.45, 2.75) is 26.3 Å². The molecule has 0 aliphatic carbocycles. The molecule has 4 heteroatoms. The largest absolute Gasteiger partial charge is 0.457 e. The van der Waals surface area contributed by atoms with Gasteiger partial charge in [-0.1, -0.05) is 30.3 Å². The van der Waals surface area contributed by atoms with E-state index >= 15 is 0 Å². The lowest BCUT2D eigenvalue weighted by Crippen LogP contribution is -2.37. The van der Waals surface area contributed by atoms with Gasteiger partial charge < -0.3 is 15.4 Å². The van der Waals surface area contributed by atoms with Gasteiger partial charge in [-0.3, -0.25) is 4.79 Å². The van der Waals surface area contributed by atoms with E-state index in [0.717, 1.165) is 48.6 Å². The van der Waals surface area contributed by atoms with Crippen molar-refractivity contribution in [3.05, 3.63) is 59.7 Å². The van der Waals surface area contributed by atoms with Crippen LogP contribution in [0.5, 0.6) is 11.5 Å². The van der Waals surface area contributed by atoms with Gasteiger partial charge in [-0.15, -0.1) is 0 Å². The van der Waals surface area contributed by atoms with Gasteiger partial charge in [0, 0.05) is 18.0 Å². The third-order valence-corrected chi connectivity index (χ3v) is 4.35. The summed E-state index contributed by atoms with van der Waals surface area (Å²) in [5.74, 6) is 1.86. The van der Waals surface area contributed by atoms with Crippen LogP contribution < -0.4 is 15.4 Å². The van der Waals surface area contributed by atoms with E-state index < -0.39 is 0 Å². The maximum absolute atomic E-state index is 12.3. The minimum absolute atomic E-state index is 0.121. The molecule has 2 aromatic rings. The van der Waals surface area contributed by atoms with Crippen molar-refractivity contribution in [1.29, 1.82) is 0 Å². The number of rotatable bonds is 5. The molecule has 1 aliphatic heterocycles. The Labute approximate surface area is 143 Å². The average Bonchev–Trinajstić information content (AvgIpc) is 2.61. The zero-order chi connectivity index (χ0) is 16.8. The van der Waals surface area contributed by atoms with E-state index in [4.69, 9.17) is 4.74 Å². The summed E-state index contributed by atoms with van der Waals surface area (Å²) < 4.78 is 6.01. The lowest BCUT2D eigenvalue weighted by atomic mass is 9.97. The van der Waals surface area contributed by atoms with Gasteiger partial charge in [-0.25, -0.2) is 0 Å². The molecule has 1 amide bonds. The highest BCUT2D eigenvalue weighted by atomic mass is 16.5. The van der Waals surface area contributed by atoms with E-state index in [1.807, 2.05) is 55.5 Å². The Hall–Kier alpha value is -2.33. The second-order valence-electron chi connectivity index (χ2n) is 6.27. The summed E-state index contributed by atoms with van der Waals surface area (Å²) in [6.07, 6.45) is 1.82. The number of ether oxygens (including phenoxy) is 1. The Morgan fingerprint density at radius 1 is 1.17 bits per heavy atom. The molecule has 4 nitrogen and oxygen atoms in total. The first-order chi connectivity index (χ1) is 11.7. The first kappa shape index (κ1) is 16.5. The van der Waals surface area contributed by atoms with E-state index in [0.29, 0.717) is 6.54 Å². The summed E-state index contributed by atoms with van der Waals surface area (Å²) in [6, 6.07) is 15.8. The zero-order valence-corrected chi connectivity index (χ0v) is 14.0. The molecule has 1 fully saturated rings. The molecule has 24 heavy (non-hydrogen) atoms. The molecule has 0 unspecified atom stereocenters. The molecule has 0 spiro atoms. The highest BCUT2D eigenvalue weighted by Crippen LogP contribution is 2.26. The van der Waals surface area contributed by atoms with Gasteiger partial charge in [-0.05, 0) is 56.6 Å². The van der Waals surface area contributed by atoms with E-state index in [-0.39, 0.29) is 11.8 Å². The van der Waals surface area contributed by atoms with Gasteiger partial charge in [-0.2, -0.15) is 0 Å². The van der Waals surface area contributed by atoms with Crippen molar-refractivity contribution in [3.8, 4) is 11.5 Å². The van der Waals surface area contributed by atoms with Gasteiger partial charge >= 0.3 is 0 Å². The van der Waals surface area contributed by atoms with Crippen LogP contribution >= 0.6 is 0 Å². The molecule has 0 bridgehead atoms. The number of amides is 1. The van der Waals surface area contributed by atoms with Gasteiger partial charge in [0.1, 0.15) is 11.5 Å². The summed E-state index contributed by atoms with van der Waals surface area (Å²) in [5, 5.41) is 6.34. The summed E-state index contributed by atoms with van der Waals surface area (Å²) in [6.45, 7) is 4.37. The fraction of sp³-hybridized carbons (Fsp3) is 0.350. The normalized spacial score (nSPS) is 15.0. The molecule has 0 saturated carbocycles. The zero-order valence-electron chi connectivity index (χ0n) is 14.0. The van der Waals surface area contributed by atoms with Crippen LogP contribution in [0.15, 0.2) is 48.5 Å². The number of hydrogen-bond donors (Lipinski definition) is 2. The van der Waals surface area contributed by atoms with Crippen LogP contribution in [-0.4, -0.2) is 19.0 Å². The highest BCUT2D eigenvalue weighted by molar-refractivity contribution is 5.78. The Morgan fingerprint density at radius 3 is 2.75 bits per heavy atom. The topological polar surface area (TPSA) is 50.4 Å². The predicted octanol–water partition coefficient (Wildman–Crippen LogP) is 3.40. The first-order valence-corrected chi connectivity index (χ1v) is 8.53. The Morgan fingerprint density at radius 2 is 1.96 bits per heavy atom. The number of para-hydroxylation sites is 1. The molecule has 126 valence electrons. The van der Waals surface area contributed by atoms with Crippen molar-refractivity contribution in [3.63, 3.8) is 0 Å². The van der Waals surface area contributed by atoms with E-state index in [1.54, 1.807) is 0 Å². The summed E-state index contributed by atoms with van der Waals surface area (Å²) in [5.41, 5.74) is 2.14. The Kier molecular flexibility index (Phi) is 5.49. The standard InChI is InChI=1S/C20H24N2O2/c1-15-5-4-7-18(13-15)24-19-8-3-2-6-17(19)14-22-20(23)16-9-11-21-12-10-16/h2-8,13,16,21H,9-12,14H2,1H3,(H,22,23). The van der Waals surface area contributed by atoms with Crippen molar-refractivity contribution in [1.82, 2.24) is 10.6 Å². The highest BCUT2D eigenvalue weighted by Gasteiger charge is 2.20. The molecule has 0 radical (unpaired) electrons. The first-order valence-electron chi connectivity index (χ1n) is 8.53.